The molecule has 0 radical (unpaired) electrons. The lowest BCUT2D eigenvalue weighted by atomic mass is 10.0. The van der Waals surface area contributed by atoms with Crippen LogP contribution in [0.4, 0.5) is 19.3 Å². The number of hydrogen-bond donors (Lipinski definition) is 2. The fourth-order valence-electron chi connectivity index (χ4n) is 3.26. The van der Waals surface area contributed by atoms with Crippen LogP contribution in [-0.4, -0.2) is 55.7 Å². The Balaban J connectivity index is 1.96. The molecule has 1 heterocycles. The molecule has 1 amide bonds. The van der Waals surface area contributed by atoms with Crippen molar-refractivity contribution in [1.29, 1.82) is 5.26 Å². The molecule has 194 valence electrons. The van der Waals surface area contributed by atoms with Crippen molar-refractivity contribution in [1.82, 2.24) is 10.3 Å². The largest absolute Gasteiger partial charge is 0.495 e. The van der Waals surface area contributed by atoms with Gasteiger partial charge in [-0.05, 0) is 24.3 Å². The summed E-state index contributed by atoms with van der Waals surface area (Å²) in [6.45, 7) is 0.456. The number of hydrogen-bond acceptors (Lipinski definition) is 7. The number of halogens is 4. The Kier molecular flexibility index (Phi) is 9.48. The van der Waals surface area contributed by atoms with Gasteiger partial charge in [-0.2, -0.15) is 19.1 Å². The van der Waals surface area contributed by atoms with E-state index in [0.29, 0.717) is 16.3 Å². The van der Waals surface area contributed by atoms with Crippen molar-refractivity contribution in [2.24, 2.45) is 10.1 Å². The van der Waals surface area contributed by atoms with Crippen LogP contribution < -0.4 is 20.1 Å². The van der Waals surface area contributed by atoms with Crippen molar-refractivity contribution in [3.8, 4) is 17.7 Å². The number of carbonyl (C=O) groups excluding carboxylic acids is 1. The smallest absolute Gasteiger partial charge is 0.408 e. The van der Waals surface area contributed by atoms with Gasteiger partial charge in [-0.15, -0.1) is 4.99 Å². The van der Waals surface area contributed by atoms with Gasteiger partial charge in [-0.25, -0.2) is 9.80 Å². The van der Waals surface area contributed by atoms with E-state index in [1.807, 2.05) is 0 Å². The van der Waals surface area contributed by atoms with Crippen LogP contribution in [0.2, 0.25) is 10.0 Å². The molecule has 0 saturated heterocycles. The first-order valence-electron chi connectivity index (χ1n) is 10.5. The summed E-state index contributed by atoms with van der Waals surface area (Å²) in [5, 5.41) is 21.2. The maximum absolute atomic E-state index is 12.7. The fraction of sp³-hybridized carbons (Fsp3) is 0.217. The third-order valence-electron chi connectivity index (χ3n) is 4.80. The first-order valence-corrected chi connectivity index (χ1v) is 11.2. The standard InChI is InChI=1S/C23H20Cl2F2N6O4/c1-3-8-36-23(34)31-18-11-33(32-20(18)13-4-6-15(24)16(25)9-13)22(29-12-28)30-17-10-14(37-21(26)27)5-7-19(17)35-2/h3-7,9-10,18,21H,1,8,11H2,2H3,(H,29,30)(H,31,34). The summed E-state index contributed by atoms with van der Waals surface area (Å²) < 4.78 is 40.1. The average Bonchev–Trinajstić information content (AvgIpc) is 3.27. The second kappa shape index (κ2) is 12.8. The third kappa shape index (κ3) is 7.22. The molecule has 0 saturated carbocycles. The molecule has 1 aliphatic rings. The Morgan fingerprint density at radius 3 is 2.78 bits per heavy atom. The minimum atomic E-state index is -3.04. The van der Waals surface area contributed by atoms with Gasteiger partial charge in [0.05, 0.1) is 41.1 Å². The minimum absolute atomic E-state index is 0.0129. The van der Waals surface area contributed by atoms with E-state index >= 15 is 0 Å². The summed E-state index contributed by atoms with van der Waals surface area (Å²) >= 11 is 12.2. The van der Waals surface area contributed by atoms with Crippen LogP contribution in [0.5, 0.6) is 11.5 Å². The van der Waals surface area contributed by atoms with Crippen LogP contribution in [0.15, 0.2) is 59.1 Å². The summed E-state index contributed by atoms with van der Waals surface area (Å²) in [5.74, 6) is 0.0136. The highest BCUT2D eigenvalue weighted by Gasteiger charge is 2.33. The summed E-state index contributed by atoms with van der Waals surface area (Å²) in [6.07, 6.45) is 2.35. The minimum Gasteiger partial charge on any atom is -0.495 e. The van der Waals surface area contributed by atoms with Crippen LogP contribution in [0.3, 0.4) is 0 Å². The fourth-order valence-corrected chi connectivity index (χ4v) is 3.56. The second-order valence-electron chi connectivity index (χ2n) is 7.18. The Morgan fingerprint density at radius 2 is 2.14 bits per heavy atom. The van der Waals surface area contributed by atoms with Gasteiger partial charge >= 0.3 is 12.7 Å². The molecule has 2 aromatic rings. The number of methoxy groups -OCH3 is 1. The number of alkyl halides is 2. The first kappa shape index (κ1) is 27.5. The molecule has 0 aromatic heterocycles. The van der Waals surface area contributed by atoms with Gasteiger partial charge in [0.2, 0.25) is 12.2 Å². The summed E-state index contributed by atoms with van der Waals surface area (Å²) in [7, 11) is 1.38. The van der Waals surface area contributed by atoms with Gasteiger partial charge in [0.25, 0.3) is 0 Å². The monoisotopic (exact) mass is 552 g/mol. The lowest BCUT2D eigenvalue weighted by molar-refractivity contribution is -0.0498. The number of amides is 1. The molecule has 0 aliphatic carbocycles. The summed E-state index contributed by atoms with van der Waals surface area (Å²) in [4.78, 5) is 16.0. The first-order chi connectivity index (χ1) is 17.7. The molecule has 1 aliphatic heterocycles. The number of aliphatic imine (C=N–C) groups is 1. The molecule has 14 heteroatoms. The van der Waals surface area contributed by atoms with Gasteiger partial charge < -0.3 is 24.8 Å². The van der Waals surface area contributed by atoms with E-state index in [9.17, 15) is 18.8 Å². The molecule has 3 rings (SSSR count). The molecule has 0 bridgehead atoms. The van der Waals surface area contributed by atoms with Crippen molar-refractivity contribution >= 4 is 46.7 Å². The highest BCUT2D eigenvalue weighted by Crippen LogP contribution is 2.31. The molecule has 2 N–H and O–H groups in total. The van der Waals surface area contributed by atoms with Crippen molar-refractivity contribution in [2.75, 3.05) is 25.6 Å². The van der Waals surface area contributed by atoms with Gasteiger partial charge in [-0.3, -0.25) is 0 Å². The predicted octanol–water partition coefficient (Wildman–Crippen LogP) is 4.85. The van der Waals surface area contributed by atoms with Crippen molar-refractivity contribution in [3.05, 3.63) is 64.7 Å². The Hall–Kier alpha value is -4.08. The van der Waals surface area contributed by atoms with E-state index in [1.54, 1.807) is 24.4 Å². The molecular weight excluding hydrogens is 533 g/mol. The maximum atomic E-state index is 12.7. The van der Waals surface area contributed by atoms with Crippen LogP contribution in [0.25, 0.3) is 0 Å². The van der Waals surface area contributed by atoms with Gasteiger partial charge in [-0.1, -0.05) is 41.9 Å². The Labute approximate surface area is 220 Å². The maximum Gasteiger partial charge on any atom is 0.408 e. The zero-order valence-electron chi connectivity index (χ0n) is 19.3. The molecule has 0 fully saturated rings. The molecule has 0 spiro atoms. The van der Waals surface area contributed by atoms with Crippen LogP contribution in [0.1, 0.15) is 5.56 Å². The zero-order valence-corrected chi connectivity index (χ0v) is 20.8. The molecule has 37 heavy (non-hydrogen) atoms. The second-order valence-corrected chi connectivity index (χ2v) is 8.00. The summed E-state index contributed by atoms with van der Waals surface area (Å²) in [5.41, 5.74) is 1.07. The number of guanidine groups is 1. The number of nitriles is 1. The Morgan fingerprint density at radius 1 is 1.35 bits per heavy atom. The number of carbonyl (C=O) groups is 1. The number of benzene rings is 2. The highest BCUT2D eigenvalue weighted by molar-refractivity contribution is 6.42. The predicted molar refractivity (Wildman–Crippen MR) is 134 cm³/mol. The van der Waals surface area contributed by atoms with Crippen molar-refractivity contribution < 1.29 is 27.8 Å². The van der Waals surface area contributed by atoms with Gasteiger partial charge in [0.15, 0.2) is 0 Å². The third-order valence-corrected chi connectivity index (χ3v) is 5.54. The number of nitrogens with zero attached hydrogens (tertiary/aromatic N) is 4. The van der Waals surface area contributed by atoms with Crippen LogP contribution in [-0.2, 0) is 4.74 Å². The van der Waals surface area contributed by atoms with Crippen molar-refractivity contribution in [3.63, 3.8) is 0 Å². The molecule has 10 nitrogen and oxygen atoms in total. The molecule has 1 atom stereocenters. The van der Waals surface area contributed by atoms with E-state index in [-0.39, 0.29) is 41.3 Å². The van der Waals surface area contributed by atoms with Gasteiger partial charge in [0, 0.05) is 11.6 Å². The summed E-state index contributed by atoms with van der Waals surface area (Å²) in [6, 6.07) is 8.01. The number of hydrazone groups is 1. The molecular formula is C23H20Cl2F2N6O4. The van der Waals surface area contributed by atoms with E-state index < -0.39 is 18.7 Å². The van der Waals surface area contributed by atoms with Gasteiger partial charge in [0.1, 0.15) is 18.1 Å². The number of nitrogens with one attached hydrogen (secondary N) is 2. The quantitative estimate of drug-likeness (QED) is 0.208. The highest BCUT2D eigenvalue weighted by atomic mass is 35.5. The SMILES string of the molecule is C=CCOC(=O)NC1CN(/C(=N\C#N)Nc2cc(OC(F)F)ccc2OC)N=C1c1ccc(Cl)c(Cl)c1. The van der Waals surface area contributed by atoms with Crippen LogP contribution in [0, 0.1) is 11.5 Å². The van der Waals surface area contributed by atoms with E-state index in [1.165, 1.54) is 36.4 Å². The van der Waals surface area contributed by atoms with Crippen LogP contribution >= 0.6 is 23.2 Å². The normalized spacial score (nSPS) is 15.1. The topological polar surface area (TPSA) is 121 Å². The van der Waals surface area contributed by atoms with E-state index in [4.69, 9.17) is 32.7 Å². The number of anilines is 1. The van der Waals surface area contributed by atoms with E-state index in [0.717, 1.165) is 0 Å². The zero-order chi connectivity index (χ0) is 26.9. The number of ether oxygens (including phenoxy) is 3. The molecule has 2 aromatic carbocycles. The van der Waals surface area contributed by atoms with E-state index in [2.05, 4.69) is 32.0 Å². The number of alkyl carbamates (subject to hydrolysis) is 1. The Bertz CT molecular complexity index is 1270. The molecule has 1 unspecified atom stereocenters. The lowest BCUT2D eigenvalue weighted by Gasteiger charge is -2.20. The average molecular weight is 553 g/mol. The van der Waals surface area contributed by atoms with Crippen molar-refractivity contribution in [2.45, 2.75) is 12.7 Å². The lowest BCUT2D eigenvalue weighted by Crippen LogP contribution is -2.44. The number of rotatable bonds is 8.